The molecule has 0 amide bonds. The number of hydrogen-bond donors (Lipinski definition) is 1. The molecule has 1 aliphatic carbocycles. The fraction of sp³-hybridized carbons (Fsp3) is 0.444. The maximum atomic E-state index is 12.6. The smallest absolute Gasteiger partial charge is 0.244 e. The number of hydrogen-bond acceptors (Lipinski definition) is 4. The van der Waals surface area contributed by atoms with Gasteiger partial charge in [0.1, 0.15) is 16.4 Å². The predicted octanol–water partition coefficient (Wildman–Crippen LogP) is 3.08. The Morgan fingerprint density at radius 2 is 1.96 bits per heavy atom. The van der Waals surface area contributed by atoms with Gasteiger partial charge in [-0.25, -0.2) is 13.1 Å². The topological polar surface area (TPSA) is 68.5 Å². The molecule has 1 aromatic carbocycles. The Hall–Kier alpha value is -1.79. The Morgan fingerprint density at radius 3 is 2.62 bits per heavy atom. The number of nitrogens with one attached hydrogen (secondary N) is 1. The molecule has 0 spiro atoms. The quantitative estimate of drug-likeness (QED) is 0.780. The Bertz CT molecular complexity index is 782. The number of sulfonamides is 1. The first-order valence-corrected chi connectivity index (χ1v) is 9.80. The minimum atomic E-state index is -3.58. The summed E-state index contributed by atoms with van der Waals surface area (Å²) in [5.74, 6) is 1.29. The van der Waals surface area contributed by atoms with Crippen LogP contribution in [0.3, 0.4) is 0 Å². The number of fused-ring (bicyclic) bond motifs is 1. The number of benzene rings is 1. The zero-order chi connectivity index (χ0) is 17.0. The van der Waals surface area contributed by atoms with E-state index < -0.39 is 10.0 Å². The second-order valence-corrected chi connectivity index (χ2v) is 7.79. The van der Waals surface area contributed by atoms with Crippen molar-refractivity contribution in [2.45, 2.75) is 43.4 Å². The zero-order valence-electron chi connectivity index (χ0n) is 13.9. The summed E-state index contributed by atoms with van der Waals surface area (Å²) in [6.45, 7) is 0.364. The molecule has 0 radical (unpaired) electrons. The van der Waals surface area contributed by atoms with Crippen molar-refractivity contribution in [1.82, 2.24) is 4.72 Å². The van der Waals surface area contributed by atoms with Crippen LogP contribution < -0.4 is 9.46 Å². The molecule has 0 saturated carbocycles. The van der Waals surface area contributed by atoms with Crippen LogP contribution in [0.1, 0.15) is 36.1 Å². The van der Waals surface area contributed by atoms with E-state index in [-0.39, 0.29) is 4.90 Å². The van der Waals surface area contributed by atoms with E-state index in [4.69, 9.17) is 9.15 Å². The van der Waals surface area contributed by atoms with Gasteiger partial charge in [-0.2, -0.15) is 0 Å². The van der Waals surface area contributed by atoms with Crippen LogP contribution in [0.2, 0.25) is 0 Å². The molecular weight excluding hydrogens is 326 g/mol. The monoisotopic (exact) mass is 349 g/mol. The molecule has 0 bridgehead atoms. The summed E-state index contributed by atoms with van der Waals surface area (Å²) in [6.07, 6.45) is 7.18. The number of furan rings is 1. The second kappa shape index (κ2) is 7.40. The van der Waals surface area contributed by atoms with Crippen LogP contribution in [-0.2, 0) is 29.3 Å². The van der Waals surface area contributed by atoms with Crippen molar-refractivity contribution in [3.05, 3.63) is 47.4 Å². The van der Waals surface area contributed by atoms with Crippen molar-refractivity contribution in [2.24, 2.45) is 0 Å². The molecule has 0 fully saturated rings. The SMILES string of the molecule is COc1cc2c(cc1S(=O)(=O)NCCCc1ccco1)CCCC2. The standard InChI is InChI=1S/C18H23NO4S/c1-22-17-12-14-6-2-3-7-15(14)13-18(17)24(20,21)19-10-4-8-16-9-5-11-23-16/h5,9,11-13,19H,2-4,6-8,10H2,1H3. The van der Waals surface area contributed by atoms with Crippen molar-refractivity contribution >= 4 is 10.0 Å². The number of ether oxygens (including phenoxy) is 1. The third kappa shape index (κ3) is 3.82. The lowest BCUT2D eigenvalue weighted by molar-refractivity contribution is 0.400. The molecule has 1 N–H and O–H groups in total. The molecule has 3 rings (SSSR count). The molecule has 1 heterocycles. The minimum absolute atomic E-state index is 0.239. The number of rotatable bonds is 7. The van der Waals surface area contributed by atoms with Gasteiger partial charge < -0.3 is 9.15 Å². The van der Waals surface area contributed by atoms with Crippen LogP contribution in [0, 0.1) is 0 Å². The number of aryl methyl sites for hydroxylation is 3. The summed E-state index contributed by atoms with van der Waals surface area (Å²) in [5, 5.41) is 0. The molecule has 24 heavy (non-hydrogen) atoms. The maximum absolute atomic E-state index is 12.6. The third-order valence-corrected chi connectivity index (χ3v) is 5.87. The first kappa shape index (κ1) is 17.0. The molecule has 0 aliphatic heterocycles. The van der Waals surface area contributed by atoms with Crippen molar-refractivity contribution in [3.63, 3.8) is 0 Å². The van der Waals surface area contributed by atoms with Crippen molar-refractivity contribution < 1.29 is 17.6 Å². The van der Waals surface area contributed by atoms with Crippen LogP contribution in [0.4, 0.5) is 0 Å². The van der Waals surface area contributed by atoms with Gasteiger partial charge in [-0.3, -0.25) is 0 Å². The molecule has 5 nitrogen and oxygen atoms in total. The average molecular weight is 349 g/mol. The maximum Gasteiger partial charge on any atom is 0.244 e. The molecule has 0 unspecified atom stereocenters. The molecule has 0 saturated heterocycles. The summed E-state index contributed by atoms with van der Waals surface area (Å²) in [7, 11) is -2.07. The lowest BCUT2D eigenvalue weighted by Crippen LogP contribution is -2.26. The fourth-order valence-electron chi connectivity index (χ4n) is 3.11. The largest absolute Gasteiger partial charge is 0.495 e. The molecule has 6 heteroatoms. The van der Waals surface area contributed by atoms with Gasteiger partial charge in [0.15, 0.2) is 0 Å². The summed E-state index contributed by atoms with van der Waals surface area (Å²) in [5.41, 5.74) is 2.33. The highest BCUT2D eigenvalue weighted by molar-refractivity contribution is 7.89. The second-order valence-electron chi connectivity index (χ2n) is 6.06. The van der Waals surface area contributed by atoms with Gasteiger partial charge in [0, 0.05) is 13.0 Å². The normalized spacial score (nSPS) is 14.4. The van der Waals surface area contributed by atoms with Crippen LogP contribution in [0.15, 0.2) is 39.8 Å². The van der Waals surface area contributed by atoms with E-state index in [1.165, 1.54) is 12.7 Å². The van der Waals surface area contributed by atoms with Gasteiger partial charge in [0.05, 0.1) is 13.4 Å². The lowest BCUT2D eigenvalue weighted by atomic mass is 9.92. The number of methoxy groups -OCH3 is 1. The fourth-order valence-corrected chi connectivity index (χ4v) is 4.38. The highest BCUT2D eigenvalue weighted by Gasteiger charge is 2.22. The third-order valence-electron chi connectivity index (χ3n) is 4.39. The molecular formula is C18H23NO4S. The van der Waals surface area contributed by atoms with Gasteiger partial charge in [-0.1, -0.05) is 0 Å². The van der Waals surface area contributed by atoms with E-state index >= 15 is 0 Å². The Labute approximate surface area is 143 Å². The zero-order valence-corrected chi connectivity index (χ0v) is 14.7. The molecule has 1 aliphatic rings. The minimum Gasteiger partial charge on any atom is -0.495 e. The average Bonchev–Trinajstić information content (AvgIpc) is 3.11. The predicted molar refractivity (Wildman–Crippen MR) is 91.9 cm³/mol. The van der Waals surface area contributed by atoms with E-state index in [2.05, 4.69) is 4.72 Å². The van der Waals surface area contributed by atoms with E-state index in [1.54, 1.807) is 12.3 Å². The lowest BCUT2D eigenvalue weighted by Gasteiger charge is -2.19. The van der Waals surface area contributed by atoms with Crippen LogP contribution in [0.5, 0.6) is 5.75 Å². The summed E-state index contributed by atoms with van der Waals surface area (Å²) < 4.78 is 38.5. The first-order valence-electron chi connectivity index (χ1n) is 8.32. The van der Waals surface area contributed by atoms with Crippen LogP contribution in [0.25, 0.3) is 0 Å². The van der Waals surface area contributed by atoms with Gasteiger partial charge in [0.25, 0.3) is 0 Å². The van der Waals surface area contributed by atoms with Crippen molar-refractivity contribution in [1.29, 1.82) is 0 Å². The van der Waals surface area contributed by atoms with Crippen LogP contribution >= 0.6 is 0 Å². The first-order chi connectivity index (χ1) is 11.6. The van der Waals surface area contributed by atoms with E-state index in [0.717, 1.165) is 37.0 Å². The summed E-state index contributed by atoms with van der Waals surface area (Å²) in [6, 6.07) is 7.38. The summed E-state index contributed by atoms with van der Waals surface area (Å²) in [4.78, 5) is 0.239. The summed E-state index contributed by atoms with van der Waals surface area (Å²) >= 11 is 0. The van der Waals surface area contributed by atoms with Gasteiger partial charge in [0.2, 0.25) is 10.0 Å². The van der Waals surface area contributed by atoms with Gasteiger partial charge in [-0.15, -0.1) is 0 Å². The van der Waals surface area contributed by atoms with Gasteiger partial charge >= 0.3 is 0 Å². The Morgan fingerprint density at radius 1 is 1.21 bits per heavy atom. The van der Waals surface area contributed by atoms with Crippen LogP contribution in [-0.4, -0.2) is 22.1 Å². The van der Waals surface area contributed by atoms with E-state index in [1.807, 2.05) is 18.2 Å². The molecule has 2 aromatic rings. The van der Waals surface area contributed by atoms with Crippen molar-refractivity contribution in [3.8, 4) is 5.75 Å². The highest BCUT2D eigenvalue weighted by atomic mass is 32.2. The Kier molecular flexibility index (Phi) is 5.26. The molecule has 0 atom stereocenters. The van der Waals surface area contributed by atoms with E-state index in [0.29, 0.717) is 25.1 Å². The highest BCUT2D eigenvalue weighted by Crippen LogP contribution is 2.31. The molecule has 1 aromatic heterocycles. The molecule has 130 valence electrons. The van der Waals surface area contributed by atoms with E-state index in [9.17, 15) is 8.42 Å². The van der Waals surface area contributed by atoms with Gasteiger partial charge in [-0.05, 0) is 67.5 Å². The Balaban J connectivity index is 1.71. The van der Waals surface area contributed by atoms with Crippen molar-refractivity contribution in [2.75, 3.05) is 13.7 Å².